The molecule has 3 rings (SSSR count). The van der Waals surface area contributed by atoms with Gasteiger partial charge in [0, 0.05) is 10.9 Å². The van der Waals surface area contributed by atoms with Crippen molar-refractivity contribution in [2.24, 2.45) is 5.92 Å². The summed E-state index contributed by atoms with van der Waals surface area (Å²) in [5.74, 6) is 0.930. The summed E-state index contributed by atoms with van der Waals surface area (Å²) in [6, 6.07) is 9.23. The average Bonchev–Trinajstić information content (AvgIpc) is 3.19. The summed E-state index contributed by atoms with van der Waals surface area (Å²) in [4.78, 5) is 1.34. The van der Waals surface area contributed by atoms with Crippen LogP contribution in [0.15, 0.2) is 35.7 Å². The molecule has 1 aliphatic carbocycles. The molecule has 1 unspecified atom stereocenters. The number of rotatable bonds is 5. The van der Waals surface area contributed by atoms with Gasteiger partial charge in [-0.15, -0.1) is 11.3 Å². The first-order chi connectivity index (χ1) is 10.3. The second-order valence-corrected chi connectivity index (χ2v) is 6.51. The fourth-order valence-corrected chi connectivity index (χ4v) is 4.00. The minimum atomic E-state index is -0.272. The third-order valence-corrected chi connectivity index (χ3v) is 5.15. The molecule has 1 aromatic heterocycles. The Morgan fingerprint density at radius 2 is 2.10 bits per heavy atom. The lowest BCUT2D eigenvalue weighted by Gasteiger charge is -2.25. The first-order valence-electron chi connectivity index (χ1n) is 7.41. The van der Waals surface area contributed by atoms with Crippen molar-refractivity contribution in [3.63, 3.8) is 0 Å². The van der Waals surface area contributed by atoms with Crippen LogP contribution in [0.5, 0.6) is 5.75 Å². The van der Waals surface area contributed by atoms with Crippen molar-refractivity contribution in [3.05, 3.63) is 46.4 Å². The highest BCUT2D eigenvalue weighted by Gasteiger charge is 2.27. The molecule has 0 bridgehead atoms. The molecule has 0 saturated heterocycles. The fraction of sp³-hybridized carbons (Fsp3) is 0.412. The van der Waals surface area contributed by atoms with Gasteiger partial charge < -0.3 is 10.1 Å². The Labute approximate surface area is 129 Å². The zero-order chi connectivity index (χ0) is 14.7. The van der Waals surface area contributed by atoms with Gasteiger partial charge in [0.05, 0.1) is 18.8 Å². The molecule has 1 fully saturated rings. The smallest absolute Gasteiger partial charge is 0.144 e. The average molecular weight is 305 g/mol. The third-order valence-electron chi connectivity index (χ3n) is 4.20. The van der Waals surface area contributed by atoms with Gasteiger partial charge in [-0.2, -0.15) is 0 Å². The molecule has 1 heterocycles. The van der Waals surface area contributed by atoms with Crippen LogP contribution in [0.4, 0.5) is 10.1 Å². The van der Waals surface area contributed by atoms with Gasteiger partial charge in [0.1, 0.15) is 11.6 Å². The molecule has 21 heavy (non-hydrogen) atoms. The first kappa shape index (κ1) is 14.4. The summed E-state index contributed by atoms with van der Waals surface area (Å²) in [5, 5.41) is 5.70. The number of nitrogens with one attached hydrogen (secondary N) is 1. The highest BCUT2D eigenvalue weighted by molar-refractivity contribution is 7.10. The van der Waals surface area contributed by atoms with Crippen LogP contribution >= 0.6 is 11.3 Å². The lowest BCUT2D eigenvalue weighted by molar-refractivity contribution is 0.410. The molecule has 2 nitrogen and oxygen atoms in total. The molecule has 1 saturated carbocycles. The van der Waals surface area contributed by atoms with E-state index in [4.69, 9.17) is 4.74 Å². The summed E-state index contributed by atoms with van der Waals surface area (Å²) in [6.45, 7) is 0. The zero-order valence-corrected chi connectivity index (χ0v) is 13.0. The van der Waals surface area contributed by atoms with E-state index in [1.807, 2.05) is 0 Å². The number of hydrogen-bond donors (Lipinski definition) is 1. The van der Waals surface area contributed by atoms with Crippen molar-refractivity contribution in [1.29, 1.82) is 0 Å². The van der Waals surface area contributed by atoms with Crippen LogP contribution in [0.25, 0.3) is 0 Å². The van der Waals surface area contributed by atoms with Crippen LogP contribution in [0.1, 0.15) is 36.6 Å². The van der Waals surface area contributed by atoms with Gasteiger partial charge in [-0.25, -0.2) is 4.39 Å². The Morgan fingerprint density at radius 3 is 2.76 bits per heavy atom. The van der Waals surface area contributed by atoms with E-state index in [1.165, 1.54) is 42.7 Å². The second kappa shape index (κ2) is 6.48. The molecule has 0 radical (unpaired) electrons. The van der Waals surface area contributed by atoms with Crippen LogP contribution < -0.4 is 10.1 Å². The number of methoxy groups -OCH3 is 1. The molecular formula is C17H20FNOS. The quantitative estimate of drug-likeness (QED) is 0.815. The van der Waals surface area contributed by atoms with E-state index in [0.717, 1.165) is 5.69 Å². The SMILES string of the molecule is COc1cc(F)ccc1NC(c1cccs1)C1CCCC1. The van der Waals surface area contributed by atoms with Crippen LogP contribution in [0.2, 0.25) is 0 Å². The number of benzene rings is 1. The molecule has 1 aliphatic rings. The van der Waals surface area contributed by atoms with Crippen molar-refractivity contribution >= 4 is 17.0 Å². The topological polar surface area (TPSA) is 21.3 Å². The lowest BCUT2D eigenvalue weighted by Crippen LogP contribution is -2.18. The Morgan fingerprint density at radius 1 is 1.29 bits per heavy atom. The van der Waals surface area contributed by atoms with Crippen molar-refractivity contribution in [2.75, 3.05) is 12.4 Å². The molecule has 0 aliphatic heterocycles. The highest BCUT2D eigenvalue weighted by atomic mass is 32.1. The van der Waals surface area contributed by atoms with Crippen LogP contribution in [-0.2, 0) is 0 Å². The predicted molar refractivity (Wildman–Crippen MR) is 85.6 cm³/mol. The zero-order valence-electron chi connectivity index (χ0n) is 12.1. The van der Waals surface area contributed by atoms with Crippen molar-refractivity contribution in [3.8, 4) is 5.75 Å². The maximum Gasteiger partial charge on any atom is 0.144 e. The lowest BCUT2D eigenvalue weighted by atomic mass is 9.96. The minimum absolute atomic E-state index is 0.272. The molecule has 1 aromatic carbocycles. The molecule has 112 valence electrons. The monoisotopic (exact) mass is 305 g/mol. The van der Waals surface area contributed by atoms with Crippen LogP contribution in [-0.4, -0.2) is 7.11 Å². The summed E-state index contributed by atoms with van der Waals surface area (Å²) >= 11 is 1.78. The number of hydrogen-bond acceptors (Lipinski definition) is 3. The van der Waals surface area contributed by atoms with Crippen molar-refractivity contribution < 1.29 is 9.13 Å². The van der Waals surface area contributed by atoms with E-state index in [1.54, 1.807) is 24.5 Å². The molecule has 1 atom stereocenters. The molecule has 4 heteroatoms. The summed E-state index contributed by atoms with van der Waals surface area (Å²) in [6.07, 6.45) is 5.10. The van der Waals surface area contributed by atoms with E-state index in [-0.39, 0.29) is 11.9 Å². The van der Waals surface area contributed by atoms with Crippen molar-refractivity contribution in [2.45, 2.75) is 31.7 Å². The summed E-state index contributed by atoms with van der Waals surface area (Å²) in [7, 11) is 1.58. The van der Waals surface area contributed by atoms with E-state index < -0.39 is 0 Å². The molecule has 1 N–H and O–H groups in total. The van der Waals surface area contributed by atoms with E-state index in [9.17, 15) is 4.39 Å². The number of anilines is 1. The predicted octanol–water partition coefficient (Wildman–Crippen LogP) is 5.24. The van der Waals surface area contributed by atoms with Gasteiger partial charge in [0.15, 0.2) is 0 Å². The molecule has 2 aromatic rings. The summed E-state index contributed by atoms with van der Waals surface area (Å²) in [5.41, 5.74) is 0.865. The second-order valence-electron chi connectivity index (χ2n) is 5.53. The number of halogens is 1. The standard InChI is InChI=1S/C17H20FNOS/c1-20-15-11-13(18)8-9-14(15)19-17(12-5-2-3-6-12)16-7-4-10-21-16/h4,7-12,17,19H,2-3,5-6H2,1H3. The van der Waals surface area contributed by atoms with Gasteiger partial charge >= 0.3 is 0 Å². The molecule has 0 amide bonds. The van der Waals surface area contributed by atoms with E-state index >= 15 is 0 Å². The minimum Gasteiger partial charge on any atom is -0.494 e. The maximum absolute atomic E-state index is 13.3. The van der Waals surface area contributed by atoms with Crippen LogP contribution in [0, 0.1) is 11.7 Å². The number of ether oxygens (including phenoxy) is 1. The maximum atomic E-state index is 13.3. The number of thiophene rings is 1. The molecular weight excluding hydrogens is 285 g/mol. The van der Waals surface area contributed by atoms with Crippen molar-refractivity contribution in [1.82, 2.24) is 0 Å². The highest BCUT2D eigenvalue weighted by Crippen LogP contribution is 2.41. The van der Waals surface area contributed by atoms with Crippen LogP contribution in [0.3, 0.4) is 0 Å². The van der Waals surface area contributed by atoms with Gasteiger partial charge in [-0.1, -0.05) is 18.9 Å². The Balaban J connectivity index is 1.87. The molecule has 0 spiro atoms. The third kappa shape index (κ3) is 3.21. The first-order valence-corrected chi connectivity index (χ1v) is 8.29. The Hall–Kier alpha value is -1.55. The Bertz CT molecular complexity index is 578. The van der Waals surface area contributed by atoms with Gasteiger partial charge in [-0.05, 0) is 42.3 Å². The fourth-order valence-electron chi connectivity index (χ4n) is 3.13. The van der Waals surface area contributed by atoms with Gasteiger partial charge in [-0.3, -0.25) is 0 Å². The van der Waals surface area contributed by atoms with Gasteiger partial charge in [0.2, 0.25) is 0 Å². The van der Waals surface area contributed by atoms with E-state index in [2.05, 4.69) is 22.8 Å². The van der Waals surface area contributed by atoms with E-state index in [0.29, 0.717) is 11.7 Å². The Kier molecular flexibility index (Phi) is 4.44. The van der Waals surface area contributed by atoms with Gasteiger partial charge in [0.25, 0.3) is 0 Å². The largest absolute Gasteiger partial charge is 0.494 e. The summed E-state index contributed by atoms with van der Waals surface area (Å²) < 4.78 is 18.6. The normalized spacial score (nSPS) is 16.9.